The van der Waals surface area contributed by atoms with Crippen LogP contribution in [0, 0.1) is 11.3 Å². The first-order valence-corrected chi connectivity index (χ1v) is 7.54. The summed E-state index contributed by atoms with van der Waals surface area (Å²) in [4.78, 5) is 35.6. The topological polar surface area (TPSA) is 108 Å². The van der Waals surface area contributed by atoms with Gasteiger partial charge in [0.15, 0.2) is 0 Å². The highest BCUT2D eigenvalue weighted by Crippen LogP contribution is 2.06. The quantitative estimate of drug-likeness (QED) is 0.682. The van der Waals surface area contributed by atoms with E-state index in [2.05, 4.69) is 15.4 Å². The number of methoxy groups -OCH3 is 1. The predicted octanol–water partition coefficient (Wildman–Crippen LogP) is 0.695. The van der Waals surface area contributed by atoms with Crippen molar-refractivity contribution in [3.63, 3.8) is 0 Å². The van der Waals surface area contributed by atoms with E-state index in [9.17, 15) is 14.4 Å². The van der Waals surface area contributed by atoms with Crippen LogP contribution in [0.2, 0.25) is 0 Å². The summed E-state index contributed by atoms with van der Waals surface area (Å²) in [6.07, 6.45) is 0.537. The van der Waals surface area contributed by atoms with E-state index in [1.165, 1.54) is 14.0 Å². The number of amides is 2. The van der Waals surface area contributed by atoms with Crippen LogP contribution >= 0.6 is 0 Å². The minimum Gasteiger partial charge on any atom is -0.467 e. The zero-order valence-corrected chi connectivity index (χ0v) is 13.7. The highest BCUT2D eigenvalue weighted by Gasteiger charge is 2.26. The van der Waals surface area contributed by atoms with Gasteiger partial charge in [-0.2, -0.15) is 5.26 Å². The fourth-order valence-electron chi connectivity index (χ4n) is 2.18. The molecule has 0 aliphatic carbocycles. The lowest BCUT2D eigenvalue weighted by atomic mass is 10.0. The van der Waals surface area contributed by atoms with Crippen LogP contribution in [0.3, 0.4) is 0 Å². The lowest BCUT2D eigenvalue weighted by molar-refractivity contribution is -0.145. The number of nitrogens with zero attached hydrogens (tertiary/aromatic N) is 1. The highest BCUT2D eigenvalue weighted by molar-refractivity contribution is 5.90. The first-order chi connectivity index (χ1) is 11.5. The Morgan fingerprint density at radius 2 is 1.83 bits per heavy atom. The average molecular weight is 331 g/mol. The van der Waals surface area contributed by atoms with Gasteiger partial charge in [0.05, 0.1) is 13.2 Å². The van der Waals surface area contributed by atoms with Crippen molar-refractivity contribution in [3.8, 4) is 6.07 Å². The third-order valence-electron chi connectivity index (χ3n) is 3.32. The van der Waals surface area contributed by atoms with Crippen LogP contribution in [-0.2, 0) is 25.5 Å². The SMILES string of the molecule is COC(=O)[C@H](CCC#N)NC(=O)[C@H](Cc1ccccc1)NC(C)=O. The summed E-state index contributed by atoms with van der Waals surface area (Å²) in [5, 5.41) is 13.8. The Labute approximate surface area is 141 Å². The van der Waals surface area contributed by atoms with E-state index in [1.807, 2.05) is 36.4 Å². The molecule has 0 spiro atoms. The van der Waals surface area contributed by atoms with Gasteiger partial charge in [0.2, 0.25) is 11.8 Å². The molecule has 128 valence electrons. The lowest BCUT2D eigenvalue weighted by Gasteiger charge is -2.21. The number of benzene rings is 1. The van der Waals surface area contributed by atoms with Crippen molar-refractivity contribution >= 4 is 17.8 Å². The van der Waals surface area contributed by atoms with Crippen molar-refractivity contribution in [1.82, 2.24) is 10.6 Å². The maximum Gasteiger partial charge on any atom is 0.328 e. The molecule has 0 fully saturated rings. The molecule has 1 rings (SSSR count). The second-order valence-electron chi connectivity index (χ2n) is 5.22. The molecule has 0 saturated carbocycles. The van der Waals surface area contributed by atoms with Crippen LogP contribution in [0.4, 0.5) is 0 Å². The predicted molar refractivity (Wildman–Crippen MR) is 86.5 cm³/mol. The van der Waals surface area contributed by atoms with Crippen molar-refractivity contribution in [2.75, 3.05) is 7.11 Å². The number of nitrogens with one attached hydrogen (secondary N) is 2. The summed E-state index contributed by atoms with van der Waals surface area (Å²) in [5.74, 6) is -1.47. The fraction of sp³-hybridized carbons (Fsp3) is 0.412. The second-order valence-corrected chi connectivity index (χ2v) is 5.22. The fourth-order valence-corrected chi connectivity index (χ4v) is 2.18. The highest BCUT2D eigenvalue weighted by atomic mass is 16.5. The van der Waals surface area contributed by atoms with Gasteiger partial charge in [-0.15, -0.1) is 0 Å². The molecule has 0 bridgehead atoms. The molecule has 2 amide bonds. The summed E-state index contributed by atoms with van der Waals surface area (Å²) in [5.41, 5.74) is 0.873. The zero-order valence-electron chi connectivity index (χ0n) is 13.7. The number of carbonyl (C=O) groups excluding carboxylic acids is 3. The Morgan fingerprint density at radius 1 is 1.17 bits per heavy atom. The van der Waals surface area contributed by atoms with Gasteiger partial charge in [-0.1, -0.05) is 30.3 Å². The van der Waals surface area contributed by atoms with Crippen molar-refractivity contribution in [2.45, 2.75) is 38.3 Å². The summed E-state index contributed by atoms with van der Waals surface area (Å²) in [6.45, 7) is 1.32. The Balaban J connectivity index is 2.83. The number of hydrogen-bond acceptors (Lipinski definition) is 5. The molecule has 0 heterocycles. The van der Waals surface area contributed by atoms with Crippen LogP contribution in [0.15, 0.2) is 30.3 Å². The smallest absolute Gasteiger partial charge is 0.328 e. The Hall–Kier alpha value is -2.88. The number of nitriles is 1. The summed E-state index contributed by atoms with van der Waals surface area (Å²) >= 11 is 0. The van der Waals surface area contributed by atoms with Crippen LogP contribution in [0.25, 0.3) is 0 Å². The van der Waals surface area contributed by atoms with Gasteiger partial charge in [0, 0.05) is 19.8 Å². The van der Waals surface area contributed by atoms with Gasteiger partial charge in [-0.05, 0) is 12.0 Å². The Morgan fingerprint density at radius 3 is 2.38 bits per heavy atom. The van der Waals surface area contributed by atoms with E-state index >= 15 is 0 Å². The van der Waals surface area contributed by atoms with E-state index in [0.717, 1.165) is 5.56 Å². The molecule has 7 heteroatoms. The van der Waals surface area contributed by atoms with E-state index in [4.69, 9.17) is 5.26 Å². The molecule has 7 nitrogen and oxygen atoms in total. The minimum absolute atomic E-state index is 0.101. The molecule has 1 aromatic rings. The van der Waals surface area contributed by atoms with Crippen molar-refractivity contribution in [1.29, 1.82) is 5.26 Å². The van der Waals surface area contributed by atoms with Gasteiger partial charge < -0.3 is 15.4 Å². The van der Waals surface area contributed by atoms with Gasteiger partial charge in [0.1, 0.15) is 12.1 Å². The first-order valence-electron chi connectivity index (χ1n) is 7.54. The largest absolute Gasteiger partial charge is 0.467 e. The zero-order chi connectivity index (χ0) is 17.9. The Bertz CT molecular complexity index is 610. The number of carbonyl (C=O) groups is 3. The monoisotopic (exact) mass is 331 g/mol. The van der Waals surface area contributed by atoms with Crippen LogP contribution in [0.1, 0.15) is 25.3 Å². The van der Waals surface area contributed by atoms with Crippen molar-refractivity contribution in [3.05, 3.63) is 35.9 Å². The second kappa shape index (κ2) is 10.0. The number of ether oxygens (including phenoxy) is 1. The van der Waals surface area contributed by atoms with E-state index in [-0.39, 0.29) is 18.7 Å². The van der Waals surface area contributed by atoms with Crippen molar-refractivity contribution in [2.24, 2.45) is 0 Å². The number of hydrogen-bond donors (Lipinski definition) is 2. The molecule has 2 N–H and O–H groups in total. The molecule has 0 radical (unpaired) electrons. The summed E-state index contributed by atoms with van der Waals surface area (Å²) in [6, 6.07) is 9.39. The molecule has 0 unspecified atom stereocenters. The average Bonchev–Trinajstić information content (AvgIpc) is 2.57. The van der Waals surface area contributed by atoms with Gasteiger partial charge in [0.25, 0.3) is 0 Å². The van der Waals surface area contributed by atoms with E-state index in [1.54, 1.807) is 0 Å². The number of esters is 1. The molecule has 1 aromatic carbocycles. The Kier molecular flexibility index (Phi) is 7.99. The maximum atomic E-state index is 12.5. The third kappa shape index (κ3) is 6.48. The van der Waals surface area contributed by atoms with Crippen LogP contribution < -0.4 is 10.6 Å². The standard InChI is InChI=1S/C17H21N3O4/c1-12(21)19-15(11-13-7-4-3-5-8-13)16(22)20-14(9-6-10-18)17(23)24-2/h3-5,7-8,14-15H,6,9,11H2,1-2H3,(H,19,21)(H,20,22)/t14-,15-/m0/s1. The third-order valence-corrected chi connectivity index (χ3v) is 3.32. The van der Waals surface area contributed by atoms with Gasteiger partial charge in [-0.3, -0.25) is 9.59 Å². The van der Waals surface area contributed by atoms with Gasteiger partial charge >= 0.3 is 5.97 Å². The minimum atomic E-state index is -0.922. The van der Waals surface area contributed by atoms with Crippen LogP contribution in [-0.4, -0.2) is 37.0 Å². The van der Waals surface area contributed by atoms with Crippen molar-refractivity contribution < 1.29 is 19.1 Å². The molecular formula is C17H21N3O4. The molecule has 0 aliphatic heterocycles. The first kappa shape index (κ1) is 19.2. The normalized spacial score (nSPS) is 12.4. The molecule has 2 atom stereocenters. The molecule has 0 saturated heterocycles. The molecule has 0 aliphatic rings. The van der Waals surface area contributed by atoms with E-state index in [0.29, 0.717) is 6.42 Å². The van der Waals surface area contributed by atoms with Crippen LogP contribution in [0.5, 0.6) is 0 Å². The lowest BCUT2D eigenvalue weighted by Crippen LogP contribution is -2.52. The molecular weight excluding hydrogens is 310 g/mol. The van der Waals surface area contributed by atoms with E-state index < -0.39 is 24.0 Å². The van der Waals surface area contributed by atoms with Gasteiger partial charge in [-0.25, -0.2) is 4.79 Å². The number of rotatable bonds is 8. The summed E-state index contributed by atoms with van der Waals surface area (Å²) in [7, 11) is 1.21. The molecule has 0 aromatic heterocycles. The molecule has 24 heavy (non-hydrogen) atoms. The summed E-state index contributed by atoms with van der Waals surface area (Å²) < 4.78 is 4.64. The maximum absolute atomic E-state index is 12.5.